The zero-order chi connectivity index (χ0) is 26.9. The van der Waals surface area contributed by atoms with E-state index in [1.54, 1.807) is 12.1 Å². The van der Waals surface area contributed by atoms with Crippen LogP contribution in [0.5, 0.6) is 0 Å². The summed E-state index contributed by atoms with van der Waals surface area (Å²) >= 11 is 0. The smallest absolute Gasteiger partial charge is 0.269 e. The van der Waals surface area contributed by atoms with Gasteiger partial charge in [-0.2, -0.15) is 0 Å². The fourth-order valence-corrected chi connectivity index (χ4v) is 5.36. The summed E-state index contributed by atoms with van der Waals surface area (Å²) in [7, 11) is 0. The summed E-state index contributed by atoms with van der Waals surface area (Å²) in [6, 6.07) is 23.0. The Balaban J connectivity index is 1.59. The van der Waals surface area contributed by atoms with Crippen LogP contribution in [0.15, 0.2) is 90.1 Å². The number of carbonyl (C=O) groups is 2. The lowest BCUT2D eigenvalue weighted by atomic mass is 9.73. The Morgan fingerprint density at radius 3 is 2.42 bits per heavy atom. The van der Waals surface area contributed by atoms with E-state index in [0.717, 1.165) is 22.6 Å². The highest BCUT2D eigenvalue weighted by Crippen LogP contribution is 2.48. The molecule has 0 radical (unpaired) electrons. The first kappa shape index (κ1) is 25.2. The van der Waals surface area contributed by atoms with Crippen LogP contribution in [0.1, 0.15) is 43.9 Å². The number of benzene rings is 3. The Labute approximate surface area is 221 Å². The van der Waals surface area contributed by atoms with Crippen molar-refractivity contribution in [1.29, 1.82) is 0 Å². The van der Waals surface area contributed by atoms with Gasteiger partial charge in [0.25, 0.3) is 5.69 Å². The van der Waals surface area contributed by atoms with Crippen LogP contribution in [0.3, 0.4) is 0 Å². The van der Waals surface area contributed by atoms with E-state index in [4.69, 9.17) is 0 Å². The van der Waals surface area contributed by atoms with Crippen molar-refractivity contribution in [2.75, 3.05) is 16.8 Å². The summed E-state index contributed by atoms with van der Waals surface area (Å²) in [5.74, 6) is -0.183. The summed E-state index contributed by atoms with van der Waals surface area (Å²) in [4.78, 5) is 39.8. The monoisotopic (exact) mass is 510 g/mol. The van der Waals surface area contributed by atoms with E-state index in [-0.39, 0.29) is 29.3 Å². The molecule has 5 rings (SSSR count). The fourth-order valence-electron chi connectivity index (χ4n) is 5.36. The number of ketones is 1. The van der Waals surface area contributed by atoms with Gasteiger partial charge in [0, 0.05) is 36.4 Å². The number of para-hydroxylation sites is 2. The summed E-state index contributed by atoms with van der Waals surface area (Å²) in [5, 5.41) is 17.8. The van der Waals surface area contributed by atoms with Gasteiger partial charge in [-0.3, -0.25) is 19.7 Å². The normalized spacial score (nSPS) is 18.1. The Morgan fingerprint density at radius 2 is 1.71 bits per heavy atom. The van der Waals surface area contributed by atoms with Crippen LogP contribution in [0.2, 0.25) is 0 Å². The van der Waals surface area contributed by atoms with Gasteiger partial charge in [-0.25, -0.2) is 0 Å². The minimum absolute atomic E-state index is 0.000629. The fraction of sp³-hybridized carbons (Fsp3) is 0.267. The second-order valence-corrected chi connectivity index (χ2v) is 10.6. The van der Waals surface area contributed by atoms with Gasteiger partial charge < -0.3 is 15.5 Å². The van der Waals surface area contributed by atoms with Crippen molar-refractivity contribution in [1.82, 2.24) is 5.32 Å². The molecule has 2 N–H and O–H groups in total. The number of rotatable bonds is 6. The number of Topliss-reactive ketones (excluding diaryl/α,β-unsaturated/α-hetero) is 1. The third-order valence-corrected chi connectivity index (χ3v) is 7.07. The van der Waals surface area contributed by atoms with Crippen molar-refractivity contribution in [2.24, 2.45) is 5.41 Å². The number of anilines is 2. The van der Waals surface area contributed by atoms with Crippen molar-refractivity contribution >= 4 is 28.8 Å². The van der Waals surface area contributed by atoms with Gasteiger partial charge in [0.1, 0.15) is 0 Å². The summed E-state index contributed by atoms with van der Waals surface area (Å²) in [6.07, 6.45) is 1.04. The Bertz CT molecular complexity index is 1410. The van der Waals surface area contributed by atoms with Crippen molar-refractivity contribution in [3.8, 4) is 0 Å². The molecule has 3 aromatic carbocycles. The minimum atomic E-state index is -0.590. The van der Waals surface area contributed by atoms with Crippen LogP contribution in [-0.2, 0) is 16.1 Å². The minimum Gasteiger partial charge on any atom is -0.357 e. The third-order valence-electron chi connectivity index (χ3n) is 7.07. The number of amides is 1. The van der Waals surface area contributed by atoms with Crippen LogP contribution in [0.4, 0.5) is 17.1 Å². The zero-order valence-corrected chi connectivity index (χ0v) is 21.4. The molecule has 1 unspecified atom stereocenters. The van der Waals surface area contributed by atoms with E-state index in [2.05, 4.69) is 24.5 Å². The van der Waals surface area contributed by atoms with E-state index >= 15 is 0 Å². The highest BCUT2D eigenvalue weighted by Gasteiger charge is 2.42. The van der Waals surface area contributed by atoms with Crippen LogP contribution in [0.25, 0.3) is 0 Å². The molecule has 1 aliphatic heterocycles. The first-order chi connectivity index (χ1) is 18.2. The van der Waals surface area contributed by atoms with E-state index in [0.29, 0.717) is 30.5 Å². The van der Waals surface area contributed by atoms with Crippen molar-refractivity contribution in [3.63, 3.8) is 0 Å². The van der Waals surface area contributed by atoms with Gasteiger partial charge >= 0.3 is 0 Å². The lowest BCUT2D eigenvalue weighted by Crippen LogP contribution is -2.41. The van der Waals surface area contributed by atoms with Gasteiger partial charge in [-0.05, 0) is 47.2 Å². The molecule has 8 nitrogen and oxygen atoms in total. The van der Waals surface area contributed by atoms with Gasteiger partial charge in [-0.15, -0.1) is 0 Å². The molecule has 0 spiro atoms. The Morgan fingerprint density at radius 1 is 1.03 bits per heavy atom. The van der Waals surface area contributed by atoms with E-state index in [9.17, 15) is 19.7 Å². The van der Waals surface area contributed by atoms with Gasteiger partial charge in [-0.1, -0.05) is 56.3 Å². The Hall–Kier alpha value is -4.46. The third kappa shape index (κ3) is 5.16. The summed E-state index contributed by atoms with van der Waals surface area (Å²) in [5.41, 5.74) is 4.47. The number of hydrogen-bond acceptors (Lipinski definition) is 6. The highest BCUT2D eigenvalue weighted by molar-refractivity contribution is 6.01. The molecule has 0 saturated heterocycles. The molecule has 1 aliphatic carbocycles. The van der Waals surface area contributed by atoms with Crippen LogP contribution in [0, 0.1) is 15.5 Å². The predicted octanol–water partition coefficient (Wildman–Crippen LogP) is 5.53. The number of carbonyl (C=O) groups excluding carboxylic acids is 2. The van der Waals surface area contributed by atoms with Crippen LogP contribution in [-0.4, -0.2) is 23.2 Å². The average Bonchev–Trinajstić information content (AvgIpc) is 3.02. The second kappa shape index (κ2) is 10.1. The zero-order valence-electron chi connectivity index (χ0n) is 21.4. The molecule has 1 amide bonds. The molecule has 0 bridgehead atoms. The number of nitro benzene ring substituents is 1. The predicted molar refractivity (Wildman–Crippen MR) is 147 cm³/mol. The first-order valence-electron chi connectivity index (χ1n) is 12.7. The molecule has 8 heteroatoms. The van der Waals surface area contributed by atoms with Gasteiger partial charge in [0.05, 0.1) is 28.9 Å². The number of non-ortho nitro benzene ring substituents is 1. The molecule has 38 heavy (non-hydrogen) atoms. The molecule has 3 aromatic rings. The number of allylic oxidation sites excluding steroid dienone is 1. The molecular weight excluding hydrogens is 480 g/mol. The van der Waals surface area contributed by atoms with Crippen LogP contribution < -0.4 is 15.5 Å². The maximum Gasteiger partial charge on any atom is 0.269 e. The first-order valence-corrected chi connectivity index (χ1v) is 12.7. The van der Waals surface area contributed by atoms with Crippen molar-refractivity contribution in [2.45, 2.75) is 39.3 Å². The maximum atomic E-state index is 13.7. The molecule has 0 fully saturated rings. The number of fused-ring (bicyclic) bond motifs is 1. The second-order valence-electron chi connectivity index (χ2n) is 10.6. The SMILES string of the molecule is CC1(C)CC(=O)C2=C(C1)Nc1ccccc1N(CC(=O)NCc1ccccc1)C2c1ccc([N+](=O)[O-])cc1. The highest BCUT2D eigenvalue weighted by atomic mass is 16.6. The standard InChI is InChI=1S/C30H30N4O4/c1-30(2)16-24-28(26(35)17-30)29(21-12-14-22(15-13-21)34(37)38)33(25-11-7-6-10-23(25)32-24)19-27(36)31-18-20-8-4-3-5-9-20/h3-15,29,32H,16-19H2,1-2H3,(H,31,36). The number of hydrogen-bond donors (Lipinski definition) is 2. The topological polar surface area (TPSA) is 105 Å². The number of nitrogens with one attached hydrogen (secondary N) is 2. The lowest BCUT2D eigenvalue weighted by molar-refractivity contribution is -0.384. The van der Waals surface area contributed by atoms with Crippen LogP contribution >= 0.6 is 0 Å². The van der Waals surface area contributed by atoms with Crippen molar-refractivity contribution in [3.05, 3.63) is 111 Å². The quantitative estimate of drug-likeness (QED) is 0.334. The van der Waals surface area contributed by atoms with E-state index in [1.165, 1.54) is 12.1 Å². The molecule has 1 atom stereocenters. The lowest BCUT2D eigenvalue weighted by Gasteiger charge is -2.37. The van der Waals surface area contributed by atoms with Crippen molar-refractivity contribution < 1.29 is 14.5 Å². The molecular formula is C30H30N4O4. The molecule has 0 aromatic heterocycles. The van der Waals surface area contributed by atoms with E-state index < -0.39 is 11.0 Å². The average molecular weight is 511 g/mol. The molecule has 2 aliphatic rings. The number of nitro groups is 1. The molecule has 0 saturated carbocycles. The summed E-state index contributed by atoms with van der Waals surface area (Å²) < 4.78 is 0. The van der Waals surface area contributed by atoms with E-state index in [1.807, 2.05) is 59.5 Å². The largest absolute Gasteiger partial charge is 0.357 e. The molecule has 194 valence electrons. The number of nitrogens with zero attached hydrogens (tertiary/aromatic N) is 2. The Kier molecular flexibility index (Phi) is 6.72. The van der Waals surface area contributed by atoms with Gasteiger partial charge in [0.15, 0.2) is 5.78 Å². The maximum absolute atomic E-state index is 13.7. The molecule has 1 heterocycles. The van der Waals surface area contributed by atoms with Gasteiger partial charge in [0.2, 0.25) is 5.91 Å². The summed E-state index contributed by atoms with van der Waals surface area (Å²) in [6.45, 7) is 4.53.